The van der Waals surface area contributed by atoms with Gasteiger partial charge in [-0.15, -0.1) is 11.3 Å². The first-order chi connectivity index (χ1) is 12.1. The van der Waals surface area contributed by atoms with Crippen molar-refractivity contribution in [2.24, 2.45) is 0 Å². The van der Waals surface area contributed by atoms with E-state index in [0.717, 1.165) is 22.4 Å². The van der Waals surface area contributed by atoms with E-state index in [1.165, 1.54) is 23.5 Å². The summed E-state index contributed by atoms with van der Waals surface area (Å²) in [6.45, 7) is 2.79. The lowest BCUT2D eigenvalue weighted by molar-refractivity contribution is 0.0955. The smallest absolute Gasteiger partial charge is 0.261 e. The Morgan fingerprint density at radius 3 is 2.64 bits per heavy atom. The first-order valence-electron chi connectivity index (χ1n) is 7.90. The molecule has 1 amide bonds. The predicted molar refractivity (Wildman–Crippen MR) is 97.4 cm³/mol. The molecular weight excluding hydrogens is 337 g/mol. The van der Waals surface area contributed by atoms with Gasteiger partial charge in [0, 0.05) is 12.1 Å². The third-order valence-electron chi connectivity index (χ3n) is 3.73. The van der Waals surface area contributed by atoms with E-state index >= 15 is 0 Å². The Hall–Kier alpha value is -2.66. The van der Waals surface area contributed by atoms with Crippen LogP contribution in [0, 0.1) is 12.7 Å². The lowest BCUT2D eigenvalue weighted by Crippen LogP contribution is -2.21. The average molecular weight is 355 g/mol. The average Bonchev–Trinajstić information content (AvgIpc) is 3.09. The molecule has 0 saturated carbocycles. The molecule has 0 bridgehead atoms. The summed E-state index contributed by atoms with van der Waals surface area (Å²) in [5.74, 6) is 0.416. The highest BCUT2D eigenvalue weighted by molar-refractivity contribution is 7.12. The van der Waals surface area contributed by atoms with Crippen LogP contribution in [0.2, 0.25) is 0 Å². The Kier molecular flexibility index (Phi) is 5.46. The molecule has 0 saturated heterocycles. The van der Waals surface area contributed by atoms with Crippen molar-refractivity contribution in [2.75, 3.05) is 0 Å². The topological polar surface area (TPSA) is 38.3 Å². The van der Waals surface area contributed by atoms with E-state index in [9.17, 15) is 9.18 Å². The number of benzene rings is 2. The van der Waals surface area contributed by atoms with Crippen LogP contribution in [-0.2, 0) is 13.2 Å². The highest BCUT2D eigenvalue weighted by Gasteiger charge is 2.10. The molecule has 5 heteroatoms. The fraction of sp³-hybridized carbons (Fsp3) is 0.150. The molecule has 0 atom stereocenters. The molecule has 0 unspecified atom stereocenters. The van der Waals surface area contributed by atoms with Gasteiger partial charge < -0.3 is 10.1 Å². The molecule has 3 rings (SSSR count). The van der Waals surface area contributed by atoms with Crippen molar-refractivity contribution < 1.29 is 13.9 Å². The van der Waals surface area contributed by atoms with Crippen LogP contribution in [0.1, 0.15) is 26.4 Å². The van der Waals surface area contributed by atoms with Gasteiger partial charge in [0.1, 0.15) is 18.2 Å². The van der Waals surface area contributed by atoms with Gasteiger partial charge in [-0.05, 0) is 47.7 Å². The minimum absolute atomic E-state index is 0.142. The Labute approximate surface area is 150 Å². The Morgan fingerprint density at radius 1 is 1.12 bits per heavy atom. The van der Waals surface area contributed by atoms with Crippen LogP contribution in [-0.4, -0.2) is 5.91 Å². The maximum atomic E-state index is 12.9. The van der Waals surface area contributed by atoms with Gasteiger partial charge in [0.2, 0.25) is 0 Å². The molecule has 0 radical (unpaired) electrons. The number of halogens is 1. The van der Waals surface area contributed by atoms with Gasteiger partial charge in [0.05, 0.1) is 4.88 Å². The number of carbonyl (C=O) groups is 1. The minimum atomic E-state index is -0.286. The van der Waals surface area contributed by atoms with Gasteiger partial charge in [-0.25, -0.2) is 4.39 Å². The van der Waals surface area contributed by atoms with Gasteiger partial charge in [-0.1, -0.05) is 30.3 Å². The number of ether oxygens (including phenoxy) is 1. The number of carbonyl (C=O) groups excluding carboxylic acids is 1. The highest BCUT2D eigenvalue weighted by Crippen LogP contribution is 2.20. The second kappa shape index (κ2) is 7.94. The first kappa shape index (κ1) is 17.2. The van der Waals surface area contributed by atoms with Crippen molar-refractivity contribution in [3.05, 3.63) is 87.4 Å². The zero-order valence-corrected chi connectivity index (χ0v) is 14.6. The number of hydrogen-bond donors (Lipinski definition) is 1. The van der Waals surface area contributed by atoms with Crippen LogP contribution < -0.4 is 10.1 Å². The van der Waals surface area contributed by atoms with Gasteiger partial charge in [-0.3, -0.25) is 4.79 Å². The van der Waals surface area contributed by atoms with Gasteiger partial charge in [-0.2, -0.15) is 0 Å². The predicted octanol–water partition coefficient (Wildman–Crippen LogP) is 4.70. The van der Waals surface area contributed by atoms with Gasteiger partial charge in [0.15, 0.2) is 0 Å². The highest BCUT2D eigenvalue weighted by atomic mass is 32.1. The molecule has 0 spiro atoms. The van der Waals surface area contributed by atoms with Crippen LogP contribution in [0.15, 0.2) is 60.0 Å². The molecule has 2 aromatic carbocycles. The van der Waals surface area contributed by atoms with Crippen molar-refractivity contribution in [2.45, 2.75) is 20.1 Å². The maximum absolute atomic E-state index is 12.9. The second-order valence-corrected chi connectivity index (χ2v) is 6.59. The summed E-state index contributed by atoms with van der Waals surface area (Å²) in [4.78, 5) is 12.8. The molecule has 0 fully saturated rings. The Morgan fingerprint density at radius 2 is 1.88 bits per heavy atom. The summed E-state index contributed by atoms with van der Waals surface area (Å²) < 4.78 is 18.7. The fourth-order valence-electron chi connectivity index (χ4n) is 2.32. The monoisotopic (exact) mass is 355 g/mol. The summed E-state index contributed by atoms with van der Waals surface area (Å²) in [7, 11) is 0. The van der Waals surface area contributed by atoms with Crippen LogP contribution in [0.25, 0.3) is 0 Å². The molecule has 0 aliphatic rings. The van der Waals surface area contributed by atoms with Crippen molar-refractivity contribution in [3.63, 3.8) is 0 Å². The number of hydrogen-bond acceptors (Lipinski definition) is 3. The van der Waals surface area contributed by atoms with Crippen LogP contribution in [0.3, 0.4) is 0 Å². The molecule has 1 N–H and O–H groups in total. The van der Waals surface area contributed by atoms with Crippen LogP contribution >= 0.6 is 11.3 Å². The van der Waals surface area contributed by atoms with E-state index in [2.05, 4.69) is 5.32 Å². The summed E-state index contributed by atoms with van der Waals surface area (Å²) in [5.41, 5.74) is 2.89. The molecule has 3 nitrogen and oxygen atoms in total. The number of rotatable bonds is 6. The Bertz CT molecular complexity index is 858. The number of thiophene rings is 1. The largest absolute Gasteiger partial charge is 0.489 e. The molecule has 128 valence electrons. The number of aryl methyl sites for hydroxylation is 1. The maximum Gasteiger partial charge on any atom is 0.261 e. The molecule has 3 aromatic rings. The van der Waals surface area contributed by atoms with Crippen molar-refractivity contribution in [1.29, 1.82) is 0 Å². The Balaban J connectivity index is 1.54. The zero-order valence-electron chi connectivity index (χ0n) is 13.8. The van der Waals surface area contributed by atoms with E-state index in [1.54, 1.807) is 12.1 Å². The lowest BCUT2D eigenvalue weighted by Gasteiger charge is -2.07. The number of para-hydroxylation sites is 1. The SMILES string of the molecule is Cc1ccccc1OCc1csc(C(=O)NCc2ccc(F)cc2)c1. The number of nitrogens with one attached hydrogen (secondary N) is 1. The lowest BCUT2D eigenvalue weighted by atomic mass is 10.2. The quantitative estimate of drug-likeness (QED) is 0.696. The third kappa shape index (κ3) is 4.67. The van der Waals surface area contributed by atoms with Crippen molar-refractivity contribution in [1.82, 2.24) is 5.32 Å². The van der Waals surface area contributed by atoms with E-state index < -0.39 is 0 Å². The molecule has 1 aromatic heterocycles. The van der Waals surface area contributed by atoms with E-state index in [4.69, 9.17) is 4.74 Å². The fourth-order valence-corrected chi connectivity index (χ4v) is 3.13. The minimum Gasteiger partial charge on any atom is -0.489 e. The third-order valence-corrected chi connectivity index (χ3v) is 4.71. The van der Waals surface area contributed by atoms with E-state index in [0.29, 0.717) is 18.0 Å². The van der Waals surface area contributed by atoms with Crippen LogP contribution in [0.5, 0.6) is 5.75 Å². The molecular formula is C20H18FNO2S. The molecule has 1 heterocycles. The molecule has 25 heavy (non-hydrogen) atoms. The van der Waals surface area contributed by atoms with Gasteiger partial charge >= 0.3 is 0 Å². The summed E-state index contributed by atoms with van der Waals surface area (Å²) in [6, 6.07) is 15.7. The summed E-state index contributed by atoms with van der Waals surface area (Å²) in [5, 5.41) is 4.76. The first-order valence-corrected chi connectivity index (χ1v) is 8.78. The van der Waals surface area contributed by atoms with Crippen molar-refractivity contribution in [3.8, 4) is 5.75 Å². The molecule has 0 aliphatic carbocycles. The summed E-state index contributed by atoms with van der Waals surface area (Å²) in [6.07, 6.45) is 0. The standard InChI is InChI=1S/C20H18FNO2S/c1-14-4-2-3-5-18(14)24-12-16-10-19(25-13-16)20(23)22-11-15-6-8-17(21)9-7-15/h2-10,13H,11-12H2,1H3,(H,22,23). The van der Waals surface area contributed by atoms with Crippen LogP contribution in [0.4, 0.5) is 4.39 Å². The summed E-state index contributed by atoms with van der Waals surface area (Å²) >= 11 is 1.38. The van der Waals surface area contributed by atoms with E-state index in [1.807, 2.05) is 42.6 Å². The normalized spacial score (nSPS) is 10.5. The van der Waals surface area contributed by atoms with Crippen molar-refractivity contribution >= 4 is 17.2 Å². The second-order valence-electron chi connectivity index (χ2n) is 5.68. The molecule has 0 aliphatic heterocycles. The zero-order chi connectivity index (χ0) is 17.6. The number of amides is 1. The van der Waals surface area contributed by atoms with E-state index in [-0.39, 0.29) is 11.7 Å². The van der Waals surface area contributed by atoms with Gasteiger partial charge in [0.25, 0.3) is 5.91 Å².